The Morgan fingerprint density at radius 2 is 1.48 bits per heavy atom. The van der Waals surface area contributed by atoms with Crippen molar-refractivity contribution in [3.8, 4) is 23.4 Å². The average Bonchev–Trinajstić information content (AvgIpc) is 3.10. The van der Waals surface area contributed by atoms with Crippen molar-refractivity contribution in [1.82, 2.24) is 4.98 Å². The standard InChI is InChI=1S/C19H11N3Se/c20-11-16(12-21)18(15-9-5-2-6-10-15)19-22-17(13-23-19)14-7-3-1-4-8-14/h1-10,13H. The van der Waals surface area contributed by atoms with E-state index in [1.807, 2.05) is 72.8 Å². The number of nitrogens with zero attached hydrogens (tertiary/aromatic N) is 3. The molecular formula is C19H11N3Se. The zero-order valence-corrected chi connectivity index (χ0v) is 13.8. The van der Waals surface area contributed by atoms with Crippen LogP contribution in [0.15, 0.2) is 71.2 Å². The van der Waals surface area contributed by atoms with E-state index in [0.29, 0.717) is 5.57 Å². The predicted molar refractivity (Wildman–Crippen MR) is 90.3 cm³/mol. The molecule has 0 amide bonds. The molecule has 0 aliphatic carbocycles. The van der Waals surface area contributed by atoms with Crippen LogP contribution in [0.5, 0.6) is 0 Å². The van der Waals surface area contributed by atoms with Crippen molar-refractivity contribution in [2.75, 3.05) is 0 Å². The first-order valence-electron chi connectivity index (χ1n) is 6.94. The SMILES string of the molecule is N#CC(C#N)=C(c1ccccc1)c1nc(-c2ccccc2)c[se]1. The molecule has 0 radical (unpaired) electrons. The van der Waals surface area contributed by atoms with Crippen LogP contribution in [0, 0.1) is 22.7 Å². The maximum absolute atomic E-state index is 9.31. The minimum absolute atomic E-state index is 0.00466. The minimum atomic E-state index is -0.00466. The molecule has 108 valence electrons. The van der Waals surface area contributed by atoms with Crippen molar-refractivity contribution in [3.63, 3.8) is 0 Å². The second kappa shape index (κ2) is 6.90. The van der Waals surface area contributed by atoms with Gasteiger partial charge < -0.3 is 0 Å². The molecule has 1 heterocycles. The van der Waals surface area contributed by atoms with Crippen molar-refractivity contribution in [1.29, 1.82) is 10.5 Å². The van der Waals surface area contributed by atoms with Gasteiger partial charge in [-0.15, -0.1) is 0 Å². The van der Waals surface area contributed by atoms with Crippen LogP contribution in [0.2, 0.25) is 0 Å². The number of nitriles is 2. The van der Waals surface area contributed by atoms with Crippen LogP contribution in [0.25, 0.3) is 16.8 Å². The van der Waals surface area contributed by atoms with E-state index in [1.165, 1.54) is 0 Å². The molecule has 1 aromatic heterocycles. The first-order valence-corrected chi connectivity index (χ1v) is 8.79. The van der Waals surface area contributed by atoms with Gasteiger partial charge in [0.15, 0.2) is 0 Å². The van der Waals surface area contributed by atoms with Crippen LogP contribution >= 0.6 is 0 Å². The van der Waals surface area contributed by atoms with Gasteiger partial charge in [-0.25, -0.2) is 0 Å². The van der Waals surface area contributed by atoms with Crippen LogP contribution in [-0.4, -0.2) is 19.5 Å². The molecule has 0 spiro atoms. The van der Waals surface area contributed by atoms with Crippen molar-refractivity contribution in [2.24, 2.45) is 0 Å². The quantitative estimate of drug-likeness (QED) is 0.529. The Bertz CT molecular complexity index is 910. The van der Waals surface area contributed by atoms with Gasteiger partial charge in [-0.3, -0.25) is 0 Å². The predicted octanol–water partition coefficient (Wildman–Crippen LogP) is 3.65. The fraction of sp³-hybridized carbons (Fsp3) is 0. The summed E-state index contributed by atoms with van der Waals surface area (Å²) < 4.78 is 0.820. The summed E-state index contributed by atoms with van der Waals surface area (Å²) in [6.45, 7) is 0. The van der Waals surface area contributed by atoms with E-state index >= 15 is 0 Å². The molecule has 0 N–H and O–H groups in total. The van der Waals surface area contributed by atoms with E-state index in [4.69, 9.17) is 4.98 Å². The Kier molecular flexibility index (Phi) is 4.50. The number of allylic oxidation sites excluding steroid dienone is 1. The Morgan fingerprint density at radius 3 is 2.09 bits per heavy atom. The van der Waals surface area contributed by atoms with Gasteiger partial charge in [0.05, 0.1) is 0 Å². The van der Waals surface area contributed by atoms with Gasteiger partial charge in [-0.1, -0.05) is 0 Å². The number of hydrogen-bond donors (Lipinski definition) is 0. The zero-order chi connectivity index (χ0) is 16.1. The topological polar surface area (TPSA) is 60.5 Å². The van der Waals surface area contributed by atoms with Crippen LogP contribution in [0.3, 0.4) is 0 Å². The molecule has 3 nitrogen and oxygen atoms in total. The number of aromatic nitrogens is 1. The fourth-order valence-corrected chi connectivity index (χ4v) is 4.14. The molecule has 0 aliphatic rings. The van der Waals surface area contributed by atoms with Crippen molar-refractivity contribution >= 4 is 20.1 Å². The summed E-state index contributed by atoms with van der Waals surface area (Å²) in [7, 11) is 0. The van der Waals surface area contributed by atoms with Gasteiger partial charge in [0.1, 0.15) is 0 Å². The molecule has 0 fully saturated rings. The molecule has 0 saturated carbocycles. The van der Waals surface area contributed by atoms with E-state index < -0.39 is 0 Å². The maximum atomic E-state index is 9.31. The normalized spacial score (nSPS) is 9.65. The van der Waals surface area contributed by atoms with Crippen molar-refractivity contribution in [3.05, 3.63) is 81.3 Å². The first kappa shape index (κ1) is 15.0. The van der Waals surface area contributed by atoms with E-state index in [2.05, 4.69) is 4.94 Å². The van der Waals surface area contributed by atoms with Crippen LogP contribution in [0.1, 0.15) is 10.1 Å². The van der Waals surface area contributed by atoms with Gasteiger partial charge in [-0.05, 0) is 0 Å². The third-order valence-electron chi connectivity index (χ3n) is 3.32. The summed E-state index contributed by atoms with van der Waals surface area (Å²) in [5, 5.41) is 18.6. The summed E-state index contributed by atoms with van der Waals surface area (Å²) >= 11 is -0.00466. The van der Waals surface area contributed by atoms with Gasteiger partial charge in [0, 0.05) is 0 Å². The average molecular weight is 360 g/mol. The van der Waals surface area contributed by atoms with E-state index in [9.17, 15) is 10.5 Å². The van der Waals surface area contributed by atoms with E-state index in [-0.39, 0.29) is 20.1 Å². The van der Waals surface area contributed by atoms with Crippen LogP contribution in [-0.2, 0) is 0 Å². The van der Waals surface area contributed by atoms with Gasteiger partial charge in [0.25, 0.3) is 0 Å². The molecule has 0 saturated heterocycles. The molecule has 0 atom stereocenters. The summed E-state index contributed by atoms with van der Waals surface area (Å²) in [6.07, 6.45) is 0. The molecule has 0 aliphatic heterocycles. The second-order valence-electron chi connectivity index (χ2n) is 4.74. The first-order chi connectivity index (χ1) is 11.3. The molecule has 3 rings (SSSR count). The van der Waals surface area contributed by atoms with E-state index in [0.717, 1.165) is 21.4 Å². The summed E-state index contributed by atoms with van der Waals surface area (Å²) in [6, 6.07) is 23.5. The van der Waals surface area contributed by atoms with Crippen molar-refractivity contribution in [2.45, 2.75) is 0 Å². The Hall–Kier alpha value is -2.91. The number of rotatable bonds is 3. The monoisotopic (exact) mass is 361 g/mol. The molecule has 23 heavy (non-hydrogen) atoms. The van der Waals surface area contributed by atoms with Crippen LogP contribution < -0.4 is 0 Å². The second-order valence-corrected chi connectivity index (χ2v) is 6.54. The van der Waals surface area contributed by atoms with Gasteiger partial charge in [0.2, 0.25) is 0 Å². The number of hydrogen-bond acceptors (Lipinski definition) is 3. The molecule has 0 bridgehead atoms. The summed E-state index contributed by atoms with van der Waals surface area (Å²) in [4.78, 5) is 6.79. The van der Waals surface area contributed by atoms with Crippen LogP contribution in [0.4, 0.5) is 0 Å². The zero-order valence-electron chi connectivity index (χ0n) is 12.1. The third kappa shape index (κ3) is 3.15. The molecule has 4 heteroatoms. The van der Waals surface area contributed by atoms with Crippen molar-refractivity contribution < 1.29 is 0 Å². The van der Waals surface area contributed by atoms with Gasteiger partial charge in [-0.2, -0.15) is 0 Å². The molecule has 3 aromatic rings. The Morgan fingerprint density at radius 1 is 0.870 bits per heavy atom. The molecular weight excluding hydrogens is 349 g/mol. The number of benzene rings is 2. The van der Waals surface area contributed by atoms with Gasteiger partial charge >= 0.3 is 140 Å². The third-order valence-corrected chi connectivity index (χ3v) is 5.13. The Labute approximate surface area is 140 Å². The molecule has 2 aromatic carbocycles. The van der Waals surface area contributed by atoms with E-state index in [1.54, 1.807) is 0 Å². The Balaban J connectivity index is 2.14. The molecule has 0 unspecified atom stereocenters. The fourth-order valence-electron chi connectivity index (χ4n) is 2.25. The summed E-state index contributed by atoms with van der Waals surface area (Å²) in [5.74, 6) is 0. The summed E-state index contributed by atoms with van der Waals surface area (Å²) in [5.41, 5.74) is 3.57.